The molecule has 0 radical (unpaired) electrons. The molecule has 1 unspecified atom stereocenters. The first kappa shape index (κ1) is 20.1. The zero-order valence-electron chi connectivity index (χ0n) is 15.8. The van der Waals surface area contributed by atoms with Gasteiger partial charge in [0.05, 0.1) is 0 Å². The van der Waals surface area contributed by atoms with Crippen LogP contribution in [-0.2, 0) is 11.4 Å². The number of hydrogen-bond acceptors (Lipinski definition) is 4. The predicted octanol–water partition coefficient (Wildman–Crippen LogP) is 5.70. The molecule has 0 aliphatic carbocycles. The van der Waals surface area contributed by atoms with Crippen LogP contribution in [0.25, 0.3) is 10.8 Å². The van der Waals surface area contributed by atoms with E-state index in [9.17, 15) is 9.90 Å². The van der Waals surface area contributed by atoms with Gasteiger partial charge in [-0.15, -0.1) is 12.6 Å². The smallest absolute Gasteiger partial charge is 0.358 e. The molecular weight excluding hydrogens is 372 g/mol. The standard InChI is InChI=1S/C23H24O4S/c1-2-3-13-23(28,22(24)25)27-21-12-10-18-14-20(11-9-19(18)15-21)26-16-17-7-5-4-6-8-17/h4-12,14-15,28H,2-3,13,16H2,1H3,(H,24,25). The minimum absolute atomic E-state index is 0.340. The van der Waals surface area contributed by atoms with E-state index < -0.39 is 10.9 Å². The molecule has 0 bridgehead atoms. The number of rotatable bonds is 9. The highest BCUT2D eigenvalue weighted by atomic mass is 32.1. The van der Waals surface area contributed by atoms with E-state index in [-0.39, 0.29) is 0 Å². The van der Waals surface area contributed by atoms with Gasteiger partial charge in [-0.1, -0.05) is 55.8 Å². The fourth-order valence-electron chi connectivity index (χ4n) is 2.91. The molecule has 0 amide bonds. The second-order valence-corrected chi connectivity index (χ2v) is 7.46. The molecule has 0 aliphatic heterocycles. The Labute approximate surface area is 170 Å². The van der Waals surface area contributed by atoms with Crippen molar-refractivity contribution in [1.29, 1.82) is 0 Å². The molecule has 0 aliphatic rings. The summed E-state index contributed by atoms with van der Waals surface area (Å²) in [7, 11) is 0. The third-order valence-corrected chi connectivity index (χ3v) is 5.03. The van der Waals surface area contributed by atoms with Gasteiger partial charge in [0.2, 0.25) is 4.93 Å². The Morgan fingerprint density at radius 1 is 1.00 bits per heavy atom. The van der Waals surface area contributed by atoms with Crippen LogP contribution in [0.3, 0.4) is 0 Å². The van der Waals surface area contributed by atoms with Crippen molar-refractivity contribution in [3.63, 3.8) is 0 Å². The lowest BCUT2D eigenvalue weighted by molar-refractivity contribution is -0.147. The molecule has 1 atom stereocenters. The largest absolute Gasteiger partial charge is 0.489 e. The summed E-state index contributed by atoms with van der Waals surface area (Å²) in [5, 5.41) is 11.4. The van der Waals surface area contributed by atoms with Crippen LogP contribution in [0.1, 0.15) is 31.7 Å². The van der Waals surface area contributed by atoms with Crippen molar-refractivity contribution in [1.82, 2.24) is 0 Å². The summed E-state index contributed by atoms with van der Waals surface area (Å²) in [6.07, 6.45) is 1.94. The molecule has 3 aromatic carbocycles. The van der Waals surface area contributed by atoms with Crippen molar-refractivity contribution < 1.29 is 19.4 Å². The Bertz CT molecular complexity index is 942. The summed E-state index contributed by atoms with van der Waals surface area (Å²) in [4.78, 5) is 10.1. The van der Waals surface area contributed by atoms with Crippen molar-refractivity contribution in [2.75, 3.05) is 0 Å². The first-order valence-corrected chi connectivity index (χ1v) is 9.80. The first-order chi connectivity index (χ1) is 13.5. The van der Waals surface area contributed by atoms with E-state index >= 15 is 0 Å². The van der Waals surface area contributed by atoms with E-state index in [1.54, 1.807) is 6.07 Å². The van der Waals surface area contributed by atoms with Crippen molar-refractivity contribution in [3.05, 3.63) is 72.3 Å². The zero-order chi connectivity index (χ0) is 20.0. The molecule has 0 fully saturated rings. The van der Waals surface area contributed by atoms with Crippen molar-refractivity contribution in [2.45, 2.75) is 37.7 Å². The summed E-state index contributed by atoms with van der Waals surface area (Å²) in [5.74, 6) is 0.190. The number of thiol groups is 1. The summed E-state index contributed by atoms with van der Waals surface area (Å²) < 4.78 is 11.6. The molecule has 28 heavy (non-hydrogen) atoms. The van der Waals surface area contributed by atoms with E-state index in [1.807, 2.05) is 67.6 Å². The highest BCUT2D eigenvalue weighted by Crippen LogP contribution is 2.31. The molecule has 0 saturated heterocycles. The fraction of sp³-hybridized carbons (Fsp3) is 0.261. The van der Waals surface area contributed by atoms with Gasteiger partial charge in [-0.05, 0) is 47.0 Å². The van der Waals surface area contributed by atoms with Crippen LogP contribution in [-0.4, -0.2) is 16.0 Å². The molecule has 4 nitrogen and oxygen atoms in total. The molecule has 1 N–H and O–H groups in total. The Hall–Kier alpha value is -2.66. The minimum Gasteiger partial charge on any atom is -0.489 e. The lowest BCUT2D eigenvalue weighted by Gasteiger charge is -2.25. The average Bonchev–Trinajstić information content (AvgIpc) is 2.71. The van der Waals surface area contributed by atoms with Crippen molar-refractivity contribution >= 4 is 29.4 Å². The number of unbranched alkanes of at least 4 members (excludes halogenated alkanes) is 1. The topological polar surface area (TPSA) is 55.8 Å². The van der Waals surface area contributed by atoms with Crippen LogP contribution < -0.4 is 9.47 Å². The van der Waals surface area contributed by atoms with Gasteiger partial charge < -0.3 is 14.6 Å². The second-order valence-electron chi connectivity index (χ2n) is 6.74. The van der Waals surface area contributed by atoms with Crippen molar-refractivity contribution in [2.24, 2.45) is 0 Å². The lowest BCUT2D eigenvalue weighted by Crippen LogP contribution is -2.38. The van der Waals surface area contributed by atoms with Gasteiger partial charge in [-0.2, -0.15) is 0 Å². The van der Waals surface area contributed by atoms with E-state index in [1.165, 1.54) is 0 Å². The Morgan fingerprint density at radius 3 is 2.29 bits per heavy atom. The number of carboxylic acids is 1. The summed E-state index contributed by atoms with van der Waals surface area (Å²) in [5.41, 5.74) is 1.11. The number of carbonyl (C=O) groups is 1. The highest BCUT2D eigenvalue weighted by Gasteiger charge is 2.36. The fourth-order valence-corrected chi connectivity index (χ4v) is 3.17. The molecule has 0 spiro atoms. The normalized spacial score (nSPS) is 13.1. The molecular formula is C23H24O4S. The molecule has 3 rings (SSSR count). The monoisotopic (exact) mass is 396 g/mol. The molecule has 146 valence electrons. The van der Waals surface area contributed by atoms with E-state index in [4.69, 9.17) is 9.47 Å². The number of aliphatic carboxylic acids is 1. The zero-order valence-corrected chi connectivity index (χ0v) is 16.7. The first-order valence-electron chi connectivity index (χ1n) is 9.35. The number of fused-ring (bicyclic) bond motifs is 1. The van der Waals surface area contributed by atoms with Gasteiger partial charge in [-0.3, -0.25) is 0 Å². The summed E-state index contributed by atoms with van der Waals surface area (Å²) in [6, 6.07) is 21.3. The van der Waals surface area contributed by atoms with E-state index in [0.717, 1.165) is 34.9 Å². The molecule has 0 heterocycles. The van der Waals surface area contributed by atoms with Crippen LogP contribution in [0.15, 0.2) is 66.7 Å². The van der Waals surface area contributed by atoms with Gasteiger partial charge in [0, 0.05) is 6.42 Å². The predicted molar refractivity (Wildman–Crippen MR) is 114 cm³/mol. The maximum absolute atomic E-state index is 11.6. The number of carboxylic acid groups (broad SMARTS) is 1. The van der Waals surface area contributed by atoms with Gasteiger partial charge in [0.1, 0.15) is 18.1 Å². The van der Waals surface area contributed by atoms with Crippen molar-refractivity contribution in [3.8, 4) is 11.5 Å². The van der Waals surface area contributed by atoms with E-state index in [2.05, 4.69) is 12.6 Å². The third-order valence-electron chi connectivity index (χ3n) is 4.52. The number of ether oxygens (including phenoxy) is 2. The maximum Gasteiger partial charge on any atom is 0.358 e. The highest BCUT2D eigenvalue weighted by molar-refractivity contribution is 7.82. The molecule has 0 aromatic heterocycles. The average molecular weight is 397 g/mol. The number of benzene rings is 3. The third kappa shape index (κ3) is 4.98. The van der Waals surface area contributed by atoms with Crippen LogP contribution in [0, 0.1) is 0 Å². The van der Waals surface area contributed by atoms with Crippen LogP contribution in [0.5, 0.6) is 11.5 Å². The van der Waals surface area contributed by atoms with Gasteiger partial charge >= 0.3 is 5.97 Å². The Balaban J connectivity index is 1.74. The maximum atomic E-state index is 11.6. The van der Waals surface area contributed by atoms with Crippen LogP contribution in [0.2, 0.25) is 0 Å². The van der Waals surface area contributed by atoms with Crippen LogP contribution >= 0.6 is 12.6 Å². The number of hydrogen-bond donors (Lipinski definition) is 2. The Kier molecular flexibility index (Phi) is 6.47. The Morgan fingerprint density at radius 2 is 1.64 bits per heavy atom. The molecule has 5 heteroatoms. The second kappa shape index (κ2) is 9.02. The molecule has 3 aromatic rings. The van der Waals surface area contributed by atoms with Crippen LogP contribution in [0.4, 0.5) is 0 Å². The van der Waals surface area contributed by atoms with Gasteiger partial charge in [-0.25, -0.2) is 4.79 Å². The van der Waals surface area contributed by atoms with Gasteiger partial charge in [0.25, 0.3) is 0 Å². The SMILES string of the molecule is CCCCC(S)(Oc1ccc2cc(OCc3ccccc3)ccc2c1)C(=O)O. The molecule has 0 saturated carbocycles. The quantitative estimate of drug-likeness (QED) is 0.360. The summed E-state index contributed by atoms with van der Waals surface area (Å²) >= 11 is 4.29. The minimum atomic E-state index is -1.53. The lowest BCUT2D eigenvalue weighted by atomic mass is 10.1. The van der Waals surface area contributed by atoms with E-state index in [0.29, 0.717) is 18.8 Å². The van der Waals surface area contributed by atoms with Gasteiger partial charge in [0.15, 0.2) is 0 Å². The summed E-state index contributed by atoms with van der Waals surface area (Å²) in [6.45, 7) is 2.51.